The van der Waals surface area contributed by atoms with Gasteiger partial charge in [-0.3, -0.25) is 0 Å². The van der Waals surface area contributed by atoms with Gasteiger partial charge in [0, 0.05) is 12.6 Å². The van der Waals surface area contributed by atoms with Crippen LogP contribution in [-0.2, 0) is 7.05 Å². The molecule has 0 unspecified atom stereocenters. The van der Waals surface area contributed by atoms with Crippen molar-refractivity contribution in [2.24, 2.45) is 7.05 Å². The highest BCUT2D eigenvalue weighted by molar-refractivity contribution is 6.15. The molecule has 1 aromatic heterocycles. The van der Waals surface area contributed by atoms with Gasteiger partial charge in [0.05, 0.1) is 11.0 Å². The van der Waals surface area contributed by atoms with Crippen molar-refractivity contribution >= 4 is 48.9 Å². The van der Waals surface area contributed by atoms with Crippen LogP contribution in [0.3, 0.4) is 0 Å². The number of nitrogens with zero attached hydrogens (tertiary/aromatic N) is 2. The molecular weight excluding hydrogens is 484 g/mol. The minimum absolute atomic E-state index is 0.958. The van der Waals surface area contributed by atoms with Crippen LogP contribution in [0, 0.1) is 0 Å². The molecule has 5 aromatic carbocycles. The molecule has 2 heteroatoms. The van der Waals surface area contributed by atoms with Gasteiger partial charge in [-0.25, -0.2) is 4.98 Å². The fraction of sp³-hybridized carbons (Fsp3) is 0.0789. The fourth-order valence-electron chi connectivity index (χ4n) is 5.52. The highest BCUT2D eigenvalue weighted by atomic mass is 15.1. The maximum absolute atomic E-state index is 5.04. The minimum atomic E-state index is 0.958. The van der Waals surface area contributed by atoms with Crippen molar-refractivity contribution in [2.45, 2.75) is 13.3 Å². The summed E-state index contributed by atoms with van der Waals surface area (Å²) in [7, 11) is 2.10. The van der Waals surface area contributed by atoms with Crippen LogP contribution >= 0.6 is 0 Å². The number of hydrogen-bond donors (Lipinski definition) is 0. The van der Waals surface area contributed by atoms with Crippen LogP contribution in [0.4, 0.5) is 0 Å². The lowest BCUT2D eigenvalue weighted by Crippen LogP contribution is -1.95. The molecule has 0 fully saturated rings. The van der Waals surface area contributed by atoms with Crippen LogP contribution in [0.2, 0.25) is 0 Å². The average Bonchev–Trinajstić information content (AvgIpc) is 3.14. The molecule has 0 bridgehead atoms. The summed E-state index contributed by atoms with van der Waals surface area (Å²) in [5.74, 6) is 0.996. The number of aromatic nitrogens is 2. The average molecular weight is 517 g/mol. The summed E-state index contributed by atoms with van der Waals surface area (Å²) in [5.41, 5.74) is 5.74. The summed E-state index contributed by atoms with van der Waals surface area (Å²) in [6, 6.07) is 31.0. The van der Waals surface area contributed by atoms with Crippen LogP contribution in [0.1, 0.15) is 19.2 Å². The summed E-state index contributed by atoms with van der Waals surface area (Å²) in [4.78, 5) is 5.04. The fourth-order valence-corrected chi connectivity index (χ4v) is 5.52. The second-order valence-corrected chi connectivity index (χ2v) is 10.0. The van der Waals surface area contributed by atoms with E-state index in [9.17, 15) is 0 Å². The molecule has 0 saturated carbocycles. The Morgan fingerprint density at radius 3 is 2.45 bits per heavy atom. The molecule has 0 spiro atoms. The van der Waals surface area contributed by atoms with E-state index in [1.54, 1.807) is 6.08 Å². The number of benzene rings is 5. The largest absolute Gasteiger partial charge is 0.327 e. The molecule has 40 heavy (non-hydrogen) atoms. The molecule has 1 aliphatic carbocycles. The zero-order valence-electron chi connectivity index (χ0n) is 23.0. The van der Waals surface area contributed by atoms with E-state index in [0.717, 1.165) is 28.9 Å². The van der Waals surface area contributed by atoms with Gasteiger partial charge in [-0.05, 0) is 81.1 Å². The topological polar surface area (TPSA) is 17.8 Å². The maximum Gasteiger partial charge on any atom is 0.140 e. The molecule has 7 rings (SSSR count). The number of rotatable bonds is 3. The number of allylic oxidation sites excluding steroid dienone is 9. The van der Waals surface area contributed by atoms with Gasteiger partial charge in [0.2, 0.25) is 0 Å². The predicted molar refractivity (Wildman–Crippen MR) is 175 cm³/mol. The Labute approximate surface area is 235 Å². The molecule has 0 atom stereocenters. The first-order valence-electron chi connectivity index (χ1n) is 13.8. The van der Waals surface area contributed by atoms with Gasteiger partial charge in [0.15, 0.2) is 0 Å². The van der Waals surface area contributed by atoms with Gasteiger partial charge in [-0.15, -0.1) is 0 Å². The molecular formula is C38H32N2. The quantitative estimate of drug-likeness (QED) is 0.130. The standard InChI is InChI=1S/C33H24N2.C5H8/c1-35-32-18-16-26(21-31(32)34-33(35)22-9-4-2-3-5-10-22)27-13-8-14-28-29(27)17-15-25-19-23-11-6-7-12-24(23)20-30(25)28;1-3-5-4-2/h2,4-21H,3H2,1H3;3-5H,1H2,2H3/b;5-4-. The van der Waals surface area contributed by atoms with E-state index < -0.39 is 0 Å². The van der Waals surface area contributed by atoms with Crippen molar-refractivity contribution in [3.63, 3.8) is 0 Å². The van der Waals surface area contributed by atoms with E-state index in [-0.39, 0.29) is 0 Å². The molecule has 0 aliphatic heterocycles. The van der Waals surface area contributed by atoms with E-state index in [4.69, 9.17) is 4.98 Å². The molecule has 0 N–H and O–H groups in total. The van der Waals surface area contributed by atoms with Crippen LogP contribution in [-0.4, -0.2) is 9.55 Å². The van der Waals surface area contributed by atoms with Gasteiger partial charge < -0.3 is 4.57 Å². The van der Waals surface area contributed by atoms with E-state index >= 15 is 0 Å². The van der Waals surface area contributed by atoms with Crippen molar-refractivity contribution in [2.75, 3.05) is 0 Å². The first kappa shape index (κ1) is 25.3. The second-order valence-electron chi connectivity index (χ2n) is 10.0. The van der Waals surface area contributed by atoms with E-state index in [1.165, 1.54) is 43.4 Å². The van der Waals surface area contributed by atoms with Crippen LogP contribution in [0.5, 0.6) is 0 Å². The van der Waals surface area contributed by atoms with Crippen LogP contribution in [0.25, 0.3) is 60.1 Å². The minimum Gasteiger partial charge on any atom is -0.327 e. The second kappa shape index (κ2) is 11.0. The van der Waals surface area contributed by atoms with E-state index in [2.05, 4.69) is 134 Å². The van der Waals surface area contributed by atoms with Gasteiger partial charge in [0.25, 0.3) is 0 Å². The third kappa shape index (κ3) is 4.69. The molecule has 1 aliphatic rings. The Morgan fingerprint density at radius 1 is 0.800 bits per heavy atom. The number of fused-ring (bicyclic) bond motifs is 5. The zero-order valence-corrected chi connectivity index (χ0v) is 23.0. The Morgan fingerprint density at radius 2 is 1.65 bits per heavy atom. The summed E-state index contributed by atoms with van der Waals surface area (Å²) in [6.07, 6.45) is 17.3. The number of aryl methyl sites for hydroxylation is 1. The molecule has 0 amide bonds. The van der Waals surface area contributed by atoms with Gasteiger partial charge >= 0.3 is 0 Å². The lowest BCUT2D eigenvalue weighted by atomic mass is 9.93. The van der Waals surface area contributed by atoms with Crippen molar-refractivity contribution in [1.29, 1.82) is 0 Å². The third-order valence-electron chi connectivity index (χ3n) is 7.50. The summed E-state index contributed by atoms with van der Waals surface area (Å²) < 4.78 is 2.19. The van der Waals surface area contributed by atoms with E-state index in [0.29, 0.717) is 0 Å². The molecule has 6 aromatic rings. The Hall–Kier alpha value is -4.95. The molecule has 194 valence electrons. The Bertz CT molecular complexity index is 2010. The highest BCUT2D eigenvalue weighted by Gasteiger charge is 2.13. The van der Waals surface area contributed by atoms with Gasteiger partial charge in [-0.2, -0.15) is 0 Å². The molecule has 2 nitrogen and oxygen atoms in total. The lowest BCUT2D eigenvalue weighted by Gasteiger charge is -2.11. The highest BCUT2D eigenvalue weighted by Crippen LogP contribution is 2.36. The Kier molecular flexibility index (Phi) is 6.99. The van der Waals surface area contributed by atoms with Crippen LogP contribution < -0.4 is 0 Å². The monoisotopic (exact) mass is 516 g/mol. The SMILES string of the molecule is C=C/C=C\C.Cn1c(C2=CC=CCC=C2)nc2cc(-c3cccc4c3ccc3cc5ccccc5cc34)ccc21. The smallest absolute Gasteiger partial charge is 0.140 e. The molecule has 1 heterocycles. The lowest BCUT2D eigenvalue weighted by molar-refractivity contribution is 0.924. The molecule has 0 saturated heterocycles. The summed E-state index contributed by atoms with van der Waals surface area (Å²) in [6.45, 7) is 5.42. The Balaban J connectivity index is 0.000000534. The normalized spacial score (nSPS) is 13.1. The number of hydrogen-bond acceptors (Lipinski definition) is 1. The van der Waals surface area contributed by atoms with Crippen molar-refractivity contribution < 1.29 is 0 Å². The number of imidazole rings is 1. The third-order valence-corrected chi connectivity index (χ3v) is 7.50. The first-order valence-corrected chi connectivity index (χ1v) is 13.8. The predicted octanol–water partition coefficient (Wildman–Crippen LogP) is 10.3. The van der Waals surface area contributed by atoms with Crippen molar-refractivity contribution in [1.82, 2.24) is 9.55 Å². The van der Waals surface area contributed by atoms with Crippen molar-refractivity contribution in [3.8, 4) is 11.1 Å². The maximum atomic E-state index is 5.04. The van der Waals surface area contributed by atoms with Crippen LogP contribution in [0.15, 0.2) is 140 Å². The summed E-state index contributed by atoms with van der Waals surface area (Å²) in [5, 5.41) is 7.68. The van der Waals surface area contributed by atoms with Crippen molar-refractivity contribution in [3.05, 3.63) is 146 Å². The van der Waals surface area contributed by atoms with Gasteiger partial charge in [0.1, 0.15) is 5.82 Å². The van der Waals surface area contributed by atoms with Gasteiger partial charge in [-0.1, -0.05) is 116 Å². The summed E-state index contributed by atoms with van der Waals surface area (Å²) >= 11 is 0. The van der Waals surface area contributed by atoms with E-state index in [1.807, 2.05) is 19.1 Å². The first-order chi connectivity index (χ1) is 19.7. The zero-order chi connectivity index (χ0) is 27.5. The molecule has 0 radical (unpaired) electrons.